The molecule has 2 heteroatoms. The summed E-state index contributed by atoms with van der Waals surface area (Å²) >= 11 is 0. The number of aromatic nitrogens is 1. The second-order valence-corrected chi connectivity index (χ2v) is 8.57. The number of fused-ring (bicyclic) bond motifs is 6. The van der Waals surface area contributed by atoms with Gasteiger partial charge in [-0.2, -0.15) is 0 Å². The predicted molar refractivity (Wildman–Crippen MR) is 140 cm³/mol. The lowest BCUT2D eigenvalue weighted by Crippen LogP contribution is -2.00. The summed E-state index contributed by atoms with van der Waals surface area (Å²) in [6.07, 6.45) is 2.44. The average Bonchev–Trinajstić information content (AvgIpc) is 3.28. The van der Waals surface area contributed by atoms with Crippen LogP contribution in [0.1, 0.15) is 49.2 Å². The summed E-state index contributed by atoms with van der Waals surface area (Å²) < 4.78 is 39.6. The molecule has 6 rings (SSSR count). The highest BCUT2D eigenvalue weighted by molar-refractivity contribution is 6.17. The van der Waals surface area contributed by atoms with E-state index >= 15 is 0 Å². The minimum absolute atomic E-state index is 0.143. The lowest BCUT2D eigenvalue weighted by molar-refractivity contribution is 0.637. The molecule has 0 spiro atoms. The van der Waals surface area contributed by atoms with Gasteiger partial charge in [-0.05, 0) is 82.5 Å². The Hall–Kier alpha value is -3.65. The maximum absolute atomic E-state index is 9.04. The fourth-order valence-corrected chi connectivity index (χ4v) is 5.03. The second kappa shape index (κ2) is 7.74. The van der Waals surface area contributed by atoms with E-state index in [2.05, 4.69) is 47.4 Å². The number of pyridine rings is 1. The number of aryl methyl sites for hydroxylation is 1. The minimum atomic E-state index is -2.34. The highest BCUT2D eigenvalue weighted by Gasteiger charge is 2.17. The van der Waals surface area contributed by atoms with Crippen LogP contribution >= 0.6 is 0 Å². The number of para-hydroxylation sites is 1. The summed E-state index contributed by atoms with van der Waals surface area (Å²) in [4.78, 5) is 4.57. The van der Waals surface area contributed by atoms with Gasteiger partial charge in [0.1, 0.15) is 11.2 Å². The monoisotopic (exact) mass is 433 g/mol. The molecule has 4 aromatic carbocycles. The van der Waals surface area contributed by atoms with Crippen LogP contribution in [0, 0.1) is 6.85 Å². The summed E-state index contributed by atoms with van der Waals surface area (Å²) in [6.45, 7) is 1.51. The zero-order chi connectivity index (χ0) is 25.9. The number of benzene rings is 4. The summed E-state index contributed by atoms with van der Waals surface area (Å²) in [5.74, 6) is -1.01. The SMILES string of the molecule is [2H]C([2H])([2H])c1cnc(-c2cccc3c2oc2cc4ccc5ccccc5c4cc23)cc1C([2H])(CC)CC. The van der Waals surface area contributed by atoms with Crippen molar-refractivity contribution in [1.29, 1.82) is 0 Å². The summed E-state index contributed by atoms with van der Waals surface area (Å²) in [5.41, 5.74) is 3.55. The van der Waals surface area contributed by atoms with Crippen LogP contribution in [0.5, 0.6) is 0 Å². The Balaban J connectivity index is 1.62. The summed E-state index contributed by atoms with van der Waals surface area (Å²) in [7, 11) is 0. The molecule has 0 fully saturated rings. The van der Waals surface area contributed by atoms with E-state index in [1.54, 1.807) is 6.07 Å². The van der Waals surface area contributed by atoms with Crippen LogP contribution in [0.3, 0.4) is 0 Å². The van der Waals surface area contributed by atoms with Crippen molar-refractivity contribution >= 4 is 43.5 Å². The number of nitrogens with zero attached hydrogens (tertiary/aromatic N) is 1. The van der Waals surface area contributed by atoms with Crippen molar-refractivity contribution in [2.24, 2.45) is 0 Å². The third-order valence-electron chi connectivity index (χ3n) is 6.78. The Morgan fingerprint density at radius 3 is 2.52 bits per heavy atom. The molecule has 0 aliphatic heterocycles. The van der Waals surface area contributed by atoms with Gasteiger partial charge >= 0.3 is 0 Å². The first kappa shape index (κ1) is 16.0. The largest absolute Gasteiger partial charge is 0.455 e. The van der Waals surface area contributed by atoms with Crippen LogP contribution in [-0.2, 0) is 0 Å². The highest BCUT2D eigenvalue weighted by Crippen LogP contribution is 2.39. The van der Waals surface area contributed by atoms with Gasteiger partial charge in [0.05, 0.1) is 5.69 Å². The molecule has 0 N–H and O–H groups in total. The Labute approximate surface area is 199 Å². The fourth-order valence-electron chi connectivity index (χ4n) is 5.03. The van der Waals surface area contributed by atoms with Gasteiger partial charge in [0, 0.05) is 28.0 Å². The first-order valence-electron chi connectivity index (χ1n) is 13.5. The lowest BCUT2D eigenvalue weighted by Gasteiger charge is -2.16. The average molecular weight is 434 g/mol. The second-order valence-electron chi connectivity index (χ2n) is 8.57. The molecule has 0 saturated heterocycles. The van der Waals surface area contributed by atoms with Crippen molar-refractivity contribution in [2.75, 3.05) is 0 Å². The van der Waals surface area contributed by atoms with Crippen LogP contribution in [0.2, 0.25) is 0 Å². The molecule has 0 aliphatic carbocycles. The molecular weight excluding hydrogens is 402 g/mol. The van der Waals surface area contributed by atoms with Crippen LogP contribution in [0.15, 0.2) is 83.4 Å². The van der Waals surface area contributed by atoms with Gasteiger partial charge in [-0.25, -0.2) is 0 Å². The van der Waals surface area contributed by atoms with Crippen molar-refractivity contribution in [3.63, 3.8) is 0 Å². The first-order valence-corrected chi connectivity index (χ1v) is 11.5. The van der Waals surface area contributed by atoms with E-state index in [-0.39, 0.29) is 5.56 Å². The topological polar surface area (TPSA) is 26.0 Å². The molecule has 6 aromatic rings. The maximum Gasteiger partial charge on any atom is 0.144 e. The van der Waals surface area contributed by atoms with Gasteiger partial charge in [0.2, 0.25) is 0 Å². The van der Waals surface area contributed by atoms with Crippen molar-refractivity contribution in [3.8, 4) is 11.3 Å². The third kappa shape index (κ3) is 3.13. The zero-order valence-electron chi connectivity index (χ0n) is 22.8. The van der Waals surface area contributed by atoms with Gasteiger partial charge in [-0.15, -0.1) is 0 Å². The highest BCUT2D eigenvalue weighted by atomic mass is 16.3. The minimum Gasteiger partial charge on any atom is -0.455 e. The van der Waals surface area contributed by atoms with Crippen LogP contribution in [-0.4, -0.2) is 4.98 Å². The van der Waals surface area contributed by atoms with Crippen molar-refractivity contribution < 1.29 is 9.90 Å². The summed E-state index contributed by atoms with van der Waals surface area (Å²) in [6, 6.07) is 24.7. The summed E-state index contributed by atoms with van der Waals surface area (Å²) in [5, 5.41) is 6.68. The third-order valence-corrected chi connectivity index (χ3v) is 6.78. The molecular formula is C31H27NO. The van der Waals surface area contributed by atoms with Crippen molar-refractivity contribution in [3.05, 3.63) is 90.1 Å². The molecule has 33 heavy (non-hydrogen) atoms. The van der Waals surface area contributed by atoms with Gasteiger partial charge in [0.15, 0.2) is 0 Å². The quantitative estimate of drug-likeness (QED) is 0.259. The maximum atomic E-state index is 9.04. The van der Waals surface area contributed by atoms with Crippen LogP contribution in [0.4, 0.5) is 0 Å². The molecule has 2 nitrogen and oxygen atoms in total. The van der Waals surface area contributed by atoms with E-state index in [4.69, 9.17) is 9.90 Å². The lowest BCUT2D eigenvalue weighted by atomic mass is 9.90. The molecule has 162 valence electrons. The molecule has 0 saturated carbocycles. The van der Waals surface area contributed by atoms with Crippen LogP contribution < -0.4 is 0 Å². The van der Waals surface area contributed by atoms with Crippen molar-refractivity contribution in [2.45, 2.75) is 39.4 Å². The molecule has 0 atom stereocenters. The fraction of sp³-hybridized carbons (Fsp3) is 0.194. The van der Waals surface area contributed by atoms with Gasteiger partial charge < -0.3 is 4.42 Å². The number of hydrogen-bond acceptors (Lipinski definition) is 2. The molecule has 0 unspecified atom stereocenters. The molecule has 0 radical (unpaired) electrons. The standard InChI is InChI=1S/C31H27NO/c1-4-20(5-2)26-17-29(32-18-19(26)3)25-12-8-11-24-28-16-27-22(15-30(28)33-31(24)25)14-13-21-9-6-7-10-23(21)27/h6-18,20H,4-5H2,1-3H3/i3D3,20D. The van der Waals surface area contributed by atoms with E-state index in [9.17, 15) is 0 Å². The number of rotatable bonds is 4. The smallest absolute Gasteiger partial charge is 0.144 e. The Kier molecular flexibility index (Phi) is 3.76. The van der Waals surface area contributed by atoms with E-state index in [1.165, 1.54) is 22.4 Å². The van der Waals surface area contributed by atoms with Gasteiger partial charge in [-0.3, -0.25) is 4.98 Å². The van der Waals surface area contributed by atoms with Crippen LogP contribution in [0.25, 0.3) is 54.7 Å². The molecule has 0 aliphatic rings. The van der Waals surface area contributed by atoms with Gasteiger partial charge in [0.25, 0.3) is 0 Å². The molecule has 2 aromatic heterocycles. The molecule has 0 bridgehead atoms. The Bertz CT molecular complexity index is 1810. The predicted octanol–water partition coefficient (Wildman–Crippen LogP) is 9.17. The Morgan fingerprint density at radius 1 is 0.848 bits per heavy atom. The van der Waals surface area contributed by atoms with E-state index < -0.39 is 12.7 Å². The normalized spacial score (nSPS) is 14.5. The van der Waals surface area contributed by atoms with E-state index in [1.807, 2.05) is 38.1 Å². The zero-order valence-corrected chi connectivity index (χ0v) is 18.8. The Morgan fingerprint density at radius 2 is 1.67 bits per heavy atom. The number of furan rings is 1. The number of hydrogen-bond donors (Lipinski definition) is 0. The van der Waals surface area contributed by atoms with Crippen molar-refractivity contribution in [1.82, 2.24) is 4.98 Å². The first-order chi connectivity index (χ1) is 17.7. The van der Waals surface area contributed by atoms with Gasteiger partial charge in [-0.1, -0.05) is 62.4 Å². The molecule has 0 amide bonds. The van der Waals surface area contributed by atoms with E-state index in [0.717, 1.165) is 27.3 Å². The van der Waals surface area contributed by atoms with E-state index in [0.29, 0.717) is 29.7 Å². The molecule has 2 heterocycles.